The number of aromatic amines is 1. The van der Waals surface area contributed by atoms with Gasteiger partial charge in [-0.3, -0.25) is 20.0 Å². The molecular weight excluding hydrogens is 274 g/mol. The third-order valence-electron chi connectivity index (χ3n) is 3.34. The minimum atomic E-state index is -0.586. The number of benzene rings is 1. The molecule has 1 atom stereocenters. The van der Waals surface area contributed by atoms with Crippen LogP contribution in [0, 0.1) is 24.0 Å². The van der Waals surface area contributed by atoms with Crippen LogP contribution < -0.4 is 0 Å². The Morgan fingerprint density at radius 3 is 2.81 bits per heavy atom. The molecular formula is C14H15N3O4. The van der Waals surface area contributed by atoms with E-state index >= 15 is 0 Å². The Morgan fingerprint density at radius 2 is 2.24 bits per heavy atom. The van der Waals surface area contributed by atoms with Crippen molar-refractivity contribution in [2.24, 2.45) is 0 Å². The van der Waals surface area contributed by atoms with Gasteiger partial charge < -0.3 is 4.74 Å². The summed E-state index contributed by atoms with van der Waals surface area (Å²) in [5.74, 6) is 0. The Balaban J connectivity index is 2.33. The number of hydrogen-bond donors (Lipinski definition) is 1. The topological polar surface area (TPSA) is 98.1 Å². The van der Waals surface area contributed by atoms with Gasteiger partial charge in [0.2, 0.25) is 0 Å². The van der Waals surface area contributed by atoms with Gasteiger partial charge in [-0.1, -0.05) is 12.1 Å². The van der Waals surface area contributed by atoms with Crippen molar-refractivity contribution in [1.29, 1.82) is 0 Å². The Kier molecular flexibility index (Phi) is 4.32. The SMILES string of the molecule is Cc1n[nH]c(C)c1CC(OC=O)c1cccc([N+](=O)[O-])c1. The number of aryl methyl sites for hydroxylation is 2. The number of carbonyl (C=O) groups is 1. The Labute approximate surface area is 121 Å². The van der Waals surface area contributed by atoms with Crippen LogP contribution in [0.2, 0.25) is 0 Å². The molecule has 1 aromatic heterocycles. The Hall–Kier alpha value is -2.70. The van der Waals surface area contributed by atoms with Crippen LogP contribution in [0.5, 0.6) is 0 Å². The van der Waals surface area contributed by atoms with Crippen LogP contribution in [0.25, 0.3) is 0 Å². The van der Waals surface area contributed by atoms with Crippen LogP contribution in [0.3, 0.4) is 0 Å². The van der Waals surface area contributed by atoms with Gasteiger partial charge in [-0.25, -0.2) is 0 Å². The van der Waals surface area contributed by atoms with E-state index in [0.29, 0.717) is 18.5 Å². The van der Waals surface area contributed by atoms with E-state index in [-0.39, 0.29) is 5.69 Å². The van der Waals surface area contributed by atoms with Gasteiger partial charge in [0, 0.05) is 24.2 Å². The number of nitrogens with one attached hydrogen (secondary N) is 1. The van der Waals surface area contributed by atoms with Gasteiger partial charge in [0.1, 0.15) is 6.10 Å². The van der Waals surface area contributed by atoms with Crippen molar-refractivity contribution in [3.8, 4) is 0 Å². The highest BCUT2D eigenvalue weighted by Gasteiger charge is 2.19. The summed E-state index contributed by atoms with van der Waals surface area (Å²) in [6, 6.07) is 6.09. The van der Waals surface area contributed by atoms with Crippen molar-refractivity contribution >= 4 is 12.2 Å². The summed E-state index contributed by atoms with van der Waals surface area (Å²) >= 11 is 0. The van der Waals surface area contributed by atoms with Crippen molar-refractivity contribution < 1.29 is 14.5 Å². The third kappa shape index (κ3) is 3.25. The van der Waals surface area contributed by atoms with E-state index in [1.165, 1.54) is 12.1 Å². The predicted octanol–water partition coefficient (Wildman–Crippen LogP) is 2.39. The zero-order valence-electron chi connectivity index (χ0n) is 11.7. The normalized spacial score (nSPS) is 11.9. The molecule has 2 aromatic rings. The van der Waals surface area contributed by atoms with Gasteiger partial charge in [-0.05, 0) is 25.0 Å². The minimum absolute atomic E-state index is 0.0346. The first-order valence-electron chi connectivity index (χ1n) is 6.36. The maximum absolute atomic E-state index is 10.8. The zero-order chi connectivity index (χ0) is 15.4. The Bertz CT molecular complexity index is 646. The van der Waals surface area contributed by atoms with Crippen LogP contribution >= 0.6 is 0 Å². The average molecular weight is 289 g/mol. The molecule has 0 amide bonds. The largest absolute Gasteiger partial charge is 0.459 e. The summed E-state index contributed by atoms with van der Waals surface area (Å²) in [7, 11) is 0. The van der Waals surface area contributed by atoms with Gasteiger partial charge in [0.15, 0.2) is 0 Å². The second-order valence-corrected chi connectivity index (χ2v) is 4.69. The van der Waals surface area contributed by atoms with Crippen molar-refractivity contribution in [1.82, 2.24) is 10.2 Å². The molecule has 7 heteroatoms. The highest BCUT2D eigenvalue weighted by Crippen LogP contribution is 2.26. The molecule has 0 aliphatic rings. The molecule has 0 radical (unpaired) electrons. The number of hydrogen-bond acceptors (Lipinski definition) is 5. The molecule has 1 N–H and O–H groups in total. The molecule has 0 saturated heterocycles. The first-order chi connectivity index (χ1) is 10.0. The van der Waals surface area contributed by atoms with Crippen LogP contribution in [-0.2, 0) is 16.0 Å². The molecule has 1 unspecified atom stereocenters. The van der Waals surface area contributed by atoms with Crippen molar-refractivity contribution in [3.63, 3.8) is 0 Å². The van der Waals surface area contributed by atoms with Crippen LogP contribution in [0.1, 0.15) is 28.6 Å². The number of nitro benzene ring substituents is 1. The maximum atomic E-state index is 10.8. The second-order valence-electron chi connectivity index (χ2n) is 4.69. The van der Waals surface area contributed by atoms with Crippen LogP contribution in [-0.4, -0.2) is 21.6 Å². The maximum Gasteiger partial charge on any atom is 0.293 e. The van der Waals surface area contributed by atoms with Crippen LogP contribution in [0.4, 0.5) is 5.69 Å². The summed E-state index contributed by atoms with van der Waals surface area (Å²) in [4.78, 5) is 21.1. The smallest absolute Gasteiger partial charge is 0.293 e. The van der Waals surface area contributed by atoms with Gasteiger partial charge in [0.25, 0.3) is 12.2 Å². The number of nitro groups is 1. The fraction of sp³-hybridized carbons (Fsp3) is 0.286. The second kappa shape index (κ2) is 6.17. The molecule has 110 valence electrons. The van der Waals surface area contributed by atoms with Gasteiger partial charge >= 0.3 is 0 Å². The lowest BCUT2D eigenvalue weighted by molar-refractivity contribution is -0.385. The fourth-order valence-electron chi connectivity index (χ4n) is 2.21. The number of non-ortho nitro benzene ring substituents is 1. The first kappa shape index (κ1) is 14.7. The number of carbonyl (C=O) groups excluding carboxylic acids is 1. The van der Waals surface area contributed by atoms with Crippen molar-refractivity contribution in [2.45, 2.75) is 26.4 Å². The van der Waals surface area contributed by atoms with Crippen LogP contribution in [0.15, 0.2) is 24.3 Å². The molecule has 1 aromatic carbocycles. The van der Waals surface area contributed by atoms with E-state index in [1.54, 1.807) is 12.1 Å². The van der Waals surface area contributed by atoms with E-state index in [0.717, 1.165) is 17.0 Å². The number of nitrogens with zero attached hydrogens (tertiary/aromatic N) is 2. The van der Waals surface area contributed by atoms with E-state index in [4.69, 9.17) is 4.74 Å². The van der Waals surface area contributed by atoms with E-state index in [2.05, 4.69) is 10.2 Å². The van der Waals surface area contributed by atoms with Crippen molar-refractivity contribution in [2.75, 3.05) is 0 Å². The molecule has 21 heavy (non-hydrogen) atoms. The zero-order valence-corrected chi connectivity index (χ0v) is 11.7. The predicted molar refractivity (Wildman–Crippen MR) is 74.8 cm³/mol. The molecule has 0 bridgehead atoms. The van der Waals surface area contributed by atoms with Gasteiger partial charge in [-0.15, -0.1) is 0 Å². The molecule has 0 aliphatic heterocycles. The summed E-state index contributed by atoms with van der Waals surface area (Å²) in [6.07, 6.45) is -0.175. The van der Waals surface area contributed by atoms with E-state index < -0.39 is 11.0 Å². The molecule has 2 rings (SSSR count). The molecule has 0 spiro atoms. The standard InChI is InChI=1S/C14H15N3O4/c1-9-13(10(2)16-15-9)7-14(21-8-18)11-4-3-5-12(6-11)17(19)20/h3-6,8,14H,7H2,1-2H3,(H,15,16). The van der Waals surface area contributed by atoms with Gasteiger partial charge in [-0.2, -0.15) is 5.10 Å². The lowest BCUT2D eigenvalue weighted by Gasteiger charge is -2.15. The summed E-state index contributed by atoms with van der Waals surface area (Å²) in [5.41, 5.74) is 3.19. The van der Waals surface area contributed by atoms with E-state index in [9.17, 15) is 14.9 Å². The van der Waals surface area contributed by atoms with E-state index in [1.807, 2.05) is 13.8 Å². The quantitative estimate of drug-likeness (QED) is 0.500. The summed E-state index contributed by atoms with van der Waals surface area (Å²) in [5, 5.41) is 17.8. The van der Waals surface area contributed by atoms with Gasteiger partial charge in [0.05, 0.1) is 10.6 Å². The Morgan fingerprint density at radius 1 is 1.48 bits per heavy atom. The third-order valence-corrected chi connectivity index (χ3v) is 3.34. The van der Waals surface area contributed by atoms with Crippen molar-refractivity contribution in [3.05, 3.63) is 56.9 Å². The molecule has 0 fully saturated rings. The average Bonchev–Trinajstić information content (AvgIpc) is 2.78. The number of aromatic nitrogens is 2. The monoisotopic (exact) mass is 289 g/mol. The number of rotatable bonds is 6. The molecule has 1 heterocycles. The fourth-order valence-corrected chi connectivity index (χ4v) is 2.21. The highest BCUT2D eigenvalue weighted by atomic mass is 16.6. The molecule has 0 saturated carbocycles. The lowest BCUT2D eigenvalue weighted by Crippen LogP contribution is -2.08. The number of ether oxygens (including phenoxy) is 1. The molecule has 0 aliphatic carbocycles. The number of H-pyrrole nitrogens is 1. The lowest BCUT2D eigenvalue weighted by atomic mass is 9.99. The minimum Gasteiger partial charge on any atom is -0.459 e. The summed E-state index contributed by atoms with van der Waals surface area (Å²) in [6.45, 7) is 4.08. The summed E-state index contributed by atoms with van der Waals surface area (Å²) < 4.78 is 5.10. The first-order valence-corrected chi connectivity index (χ1v) is 6.36. The molecule has 7 nitrogen and oxygen atoms in total. The highest BCUT2D eigenvalue weighted by molar-refractivity contribution is 5.41.